The third-order valence-corrected chi connectivity index (χ3v) is 5.81. The normalized spacial score (nSPS) is 15.6. The molecule has 0 saturated carbocycles. The lowest BCUT2D eigenvalue weighted by Crippen LogP contribution is -2.37. The summed E-state index contributed by atoms with van der Waals surface area (Å²) in [5.41, 5.74) is 5.84. The number of hydrogen-bond donors (Lipinski definition) is 1. The number of aromatic nitrogens is 2. The van der Waals surface area contributed by atoms with Crippen molar-refractivity contribution in [3.63, 3.8) is 0 Å². The Balaban J connectivity index is 1.73. The number of para-hydroxylation sites is 1. The molecule has 152 valence electrons. The van der Waals surface area contributed by atoms with Crippen LogP contribution in [0.25, 0.3) is 33.1 Å². The van der Waals surface area contributed by atoms with Gasteiger partial charge < -0.3 is 14.7 Å². The highest BCUT2D eigenvalue weighted by Crippen LogP contribution is 2.34. The van der Waals surface area contributed by atoms with E-state index in [9.17, 15) is 5.11 Å². The fourth-order valence-corrected chi connectivity index (χ4v) is 4.13. The zero-order chi connectivity index (χ0) is 20.7. The van der Waals surface area contributed by atoms with Crippen molar-refractivity contribution in [1.82, 2.24) is 9.97 Å². The zero-order valence-corrected chi connectivity index (χ0v) is 17.3. The fourth-order valence-electron chi connectivity index (χ4n) is 4.13. The molecule has 30 heavy (non-hydrogen) atoms. The number of nitrogens with zero attached hydrogens (tertiary/aromatic N) is 3. The van der Waals surface area contributed by atoms with Crippen LogP contribution in [0.4, 0.5) is 5.82 Å². The molecule has 4 aromatic rings. The number of hydrogen-bond acceptors (Lipinski definition) is 5. The molecule has 5 heteroatoms. The maximum atomic E-state index is 10.0. The molecule has 1 aliphatic rings. The molecule has 1 aliphatic heterocycles. The summed E-state index contributed by atoms with van der Waals surface area (Å²) in [4.78, 5) is 12.3. The first-order chi connectivity index (χ1) is 14.6. The number of rotatable bonds is 3. The van der Waals surface area contributed by atoms with Crippen molar-refractivity contribution in [2.24, 2.45) is 0 Å². The predicted molar refractivity (Wildman–Crippen MR) is 121 cm³/mol. The van der Waals surface area contributed by atoms with Crippen LogP contribution >= 0.6 is 0 Å². The average Bonchev–Trinajstić information content (AvgIpc) is 2.78. The van der Waals surface area contributed by atoms with Crippen LogP contribution in [-0.4, -0.2) is 41.4 Å². The van der Waals surface area contributed by atoms with Crippen LogP contribution in [0.5, 0.6) is 0 Å². The fraction of sp³-hybridized carbons (Fsp3) is 0.280. The van der Waals surface area contributed by atoms with E-state index in [-0.39, 0.29) is 0 Å². The largest absolute Gasteiger partial charge is 0.389 e. The Labute approximate surface area is 176 Å². The molecule has 5 rings (SSSR count). The van der Waals surface area contributed by atoms with E-state index in [1.165, 1.54) is 0 Å². The van der Waals surface area contributed by atoms with E-state index < -0.39 is 6.10 Å². The minimum absolute atomic E-state index is 0.522. The van der Waals surface area contributed by atoms with Gasteiger partial charge in [0.1, 0.15) is 5.82 Å². The van der Waals surface area contributed by atoms with Gasteiger partial charge in [-0.3, -0.25) is 0 Å². The lowest BCUT2D eigenvalue weighted by Gasteiger charge is -2.29. The number of aryl methyl sites for hydroxylation is 1. The van der Waals surface area contributed by atoms with Gasteiger partial charge in [-0.2, -0.15) is 0 Å². The van der Waals surface area contributed by atoms with Gasteiger partial charge in [-0.25, -0.2) is 9.97 Å². The monoisotopic (exact) mass is 399 g/mol. The number of morpholine rings is 1. The summed E-state index contributed by atoms with van der Waals surface area (Å²) in [6, 6.07) is 18.5. The first-order valence-corrected chi connectivity index (χ1v) is 10.4. The first kappa shape index (κ1) is 19.0. The van der Waals surface area contributed by atoms with E-state index in [0.717, 1.165) is 63.1 Å². The van der Waals surface area contributed by atoms with Crippen molar-refractivity contribution in [2.75, 3.05) is 31.2 Å². The molecule has 1 atom stereocenters. The molecule has 5 nitrogen and oxygen atoms in total. The Bertz CT molecular complexity index is 1230. The molecule has 0 amide bonds. The summed E-state index contributed by atoms with van der Waals surface area (Å²) in [7, 11) is 0. The van der Waals surface area contributed by atoms with E-state index >= 15 is 0 Å². The maximum Gasteiger partial charge on any atom is 0.138 e. The smallest absolute Gasteiger partial charge is 0.138 e. The van der Waals surface area contributed by atoms with Gasteiger partial charge in [-0.15, -0.1) is 0 Å². The van der Waals surface area contributed by atoms with E-state index in [2.05, 4.69) is 36.1 Å². The lowest BCUT2D eigenvalue weighted by molar-refractivity contribution is 0.122. The van der Waals surface area contributed by atoms with Gasteiger partial charge in [0, 0.05) is 29.4 Å². The summed E-state index contributed by atoms with van der Waals surface area (Å²) in [6.45, 7) is 6.93. The summed E-state index contributed by atoms with van der Waals surface area (Å²) in [5, 5.41) is 12.2. The molecule has 1 unspecified atom stereocenters. The molecular weight excluding hydrogens is 374 g/mol. The number of aliphatic hydroxyl groups is 1. The molecule has 0 spiro atoms. The Kier molecular flexibility index (Phi) is 4.85. The second kappa shape index (κ2) is 7.67. The standard InChI is InChI=1S/C25H25N3O2/c1-16-13-23(26-24-15-18(17(2)29)7-8-20(16)24)21-14-19-5-3-4-6-22(19)27-25(21)28-9-11-30-12-10-28/h3-8,13-15,17,29H,9-12H2,1-2H3. The van der Waals surface area contributed by atoms with Gasteiger partial charge in [-0.05, 0) is 49.2 Å². The van der Waals surface area contributed by atoms with Gasteiger partial charge >= 0.3 is 0 Å². The van der Waals surface area contributed by atoms with Gasteiger partial charge in [0.25, 0.3) is 0 Å². The number of fused-ring (bicyclic) bond motifs is 2. The van der Waals surface area contributed by atoms with Crippen molar-refractivity contribution in [1.29, 1.82) is 0 Å². The van der Waals surface area contributed by atoms with Crippen LogP contribution in [0.3, 0.4) is 0 Å². The summed E-state index contributed by atoms with van der Waals surface area (Å²) in [5.74, 6) is 0.954. The highest BCUT2D eigenvalue weighted by Gasteiger charge is 2.20. The van der Waals surface area contributed by atoms with Crippen LogP contribution in [-0.2, 0) is 4.74 Å². The third kappa shape index (κ3) is 3.40. The van der Waals surface area contributed by atoms with Gasteiger partial charge in [0.2, 0.25) is 0 Å². The number of aliphatic hydroxyl groups excluding tert-OH is 1. The van der Waals surface area contributed by atoms with Crippen molar-refractivity contribution >= 4 is 27.6 Å². The molecule has 3 heterocycles. The molecule has 2 aromatic heterocycles. The quantitative estimate of drug-likeness (QED) is 0.543. The molecule has 0 radical (unpaired) electrons. The maximum absolute atomic E-state index is 10.0. The summed E-state index contributed by atoms with van der Waals surface area (Å²) in [6.07, 6.45) is -0.522. The van der Waals surface area contributed by atoms with Crippen LogP contribution < -0.4 is 4.90 Å². The van der Waals surface area contributed by atoms with Gasteiger partial charge in [0.15, 0.2) is 0 Å². The Morgan fingerprint density at radius 3 is 2.57 bits per heavy atom. The third-order valence-electron chi connectivity index (χ3n) is 5.81. The van der Waals surface area contributed by atoms with E-state index in [4.69, 9.17) is 14.7 Å². The number of benzene rings is 2. The van der Waals surface area contributed by atoms with Crippen molar-refractivity contribution < 1.29 is 9.84 Å². The highest BCUT2D eigenvalue weighted by molar-refractivity contribution is 5.92. The molecule has 2 aromatic carbocycles. The number of pyridine rings is 2. The average molecular weight is 399 g/mol. The summed E-state index contributed by atoms with van der Waals surface area (Å²) >= 11 is 0. The van der Waals surface area contributed by atoms with E-state index in [1.54, 1.807) is 6.92 Å². The van der Waals surface area contributed by atoms with E-state index in [1.807, 2.05) is 30.3 Å². The molecule has 1 saturated heterocycles. The first-order valence-electron chi connectivity index (χ1n) is 10.4. The Morgan fingerprint density at radius 1 is 0.967 bits per heavy atom. The second-order valence-corrected chi connectivity index (χ2v) is 7.93. The van der Waals surface area contributed by atoms with Crippen molar-refractivity contribution in [3.05, 3.63) is 65.7 Å². The Morgan fingerprint density at radius 2 is 1.77 bits per heavy atom. The van der Waals surface area contributed by atoms with Crippen molar-refractivity contribution in [3.8, 4) is 11.3 Å². The topological polar surface area (TPSA) is 58.5 Å². The van der Waals surface area contributed by atoms with E-state index in [0.29, 0.717) is 13.2 Å². The van der Waals surface area contributed by atoms with Gasteiger partial charge in [0.05, 0.1) is 36.0 Å². The highest BCUT2D eigenvalue weighted by atomic mass is 16.5. The minimum Gasteiger partial charge on any atom is -0.389 e. The molecule has 1 N–H and O–H groups in total. The molecule has 0 bridgehead atoms. The minimum atomic E-state index is -0.522. The molecule has 1 fully saturated rings. The lowest BCUT2D eigenvalue weighted by atomic mass is 10.0. The molecule has 0 aliphatic carbocycles. The second-order valence-electron chi connectivity index (χ2n) is 7.93. The van der Waals surface area contributed by atoms with Gasteiger partial charge in [-0.1, -0.05) is 30.3 Å². The SMILES string of the molecule is Cc1cc(-c2cc3ccccc3nc2N2CCOCC2)nc2cc(C(C)O)ccc12. The summed E-state index contributed by atoms with van der Waals surface area (Å²) < 4.78 is 5.56. The van der Waals surface area contributed by atoms with Crippen LogP contribution in [0, 0.1) is 6.92 Å². The predicted octanol–water partition coefficient (Wildman–Crippen LogP) is 4.65. The van der Waals surface area contributed by atoms with Crippen LogP contribution in [0.2, 0.25) is 0 Å². The van der Waals surface area contributed by atoms with Crippen LogP contribution in [0.15, 0.2) is 54.6 Å². The Hall–Kier alpha value is -3.02. The molecular formula is C25H25N3O2. The number of anilines is 1. The van der Waals surface area contributed by atoms with Crippen molar-refractivity contribution in [2.45, 2.75) is 20.0 Å². The number of ether oxygens (including phenoxy) is 1. The zero-order valence-electron chi connectivity index (χ0n) is 17.3. The van der Waals surface area contributed by atoms with Crippen LogP contribution in [0.1, 0.15) is 24.2 Å².